The van der Waals surface area contributed by atoms with Crippen molar-refractivity contribution in [1.82, 2.24) is 9.97 Å². The fourth-order valence-electron chi connectivity index (χ4n) is 3.20. The molecule has 0 N–H and O–H groups in total. The number of amides is 1. The first-order chi connectivity index (χ1) is 10.5. The number of fused-ring (bicyclic) bond motifs is 1. The molecule has 1 aliphatic carbocycles. The second-order valence-electron chi connectivity index (χ2n) is 6.83. The summed E-state index contributed by atoms with van der Waals surface area (Å²) in [6.07, 6.45) is 6.20. The Hall–Kier alpha value is -2.23. The molecule has 112 valence electrons. The molecular weight excluding hydrogens is 274 g/mol. The smallest absolute Gasteiger partial charge is 0.236 e. The molecule has 1 amide bonds. The number of likely N-dealkylation sites (N-methyl/N-ethyl adjacent to an activating group) is 1. The highest BCUT2D eigenvalue weighted by Gasteiger charge is 2.42. The molecular formula is C18H19N3O. The van der Waals surface area contributed by atoms with Gasteiger partial charge in [-0.2, -0.15) is 0 Å². The number of aromatic nitrogens is 2. The topological polar surface area (TPSA) is 46.1 Å². The van der Waals surface area contributed by atoms with E-state index in [4.69, 9.17) is 0 Å². The molecule has 2 heterocycles. The van der Waals surface area contributed by atoms with Crippen molar-refractivity contribution >= 4 is 11.6 Å². The first kappa shape index (κ1) is 13.4. The lowest BCUT2D eigenvalue weighted by Gasteiger charge is -2.16. The monoisotopic (exact) mass is 293 g/mol. The van der Waals surface area contributed by atoms with Crippen molar-refractivity contribution in [2.24, 2.45) is 0 Å². The normalized spacial score (nSPS) is 19.4. The van der Waals surface area contributed by atoms with Crippen molar-refractivity contribution in [3.05, 3.63) is 42.0 Å². The first-order valence-electron chi connectivity index (χ1n) is 7.73. The van der Waals surface area contributed by atoms with Gasteiger partial charge in [0.1, 0.15) is 5.82 Å². The van der Waals surface area contributed by atoms with E-state index in [1.807, 2.05) is 33.3 Å². The highest BCUT2D eigenvalue weighted by molar-refractivity contribution is 6.07. The van der Waals surface area contributed by atoms with Crippen LogP contribution < -0.4 is 4.90 Å². The third-order valence-electron chi connectivity index (χ3n) is 4.82. The van der Waals surface area contributed by atoms with Crippen molar-refractivity contribution in [1.29, 1.82) is 0 Å². The second kappa shape index (κ2) is 4.38. The molecule has 2 aliphatic rings. The number of anilines is 1. The Morgan fingerprint density at radius 1 is 1.14 bits per heavy atom. The van der Waals surface area contributed by atoms with Crippen LogP contribution in [0.1, 0.15) is 44.0 Å². The lowest BCUT2D eigenvalue weighted by atomic mass is 9.85. The average molecular weight is 293 g/mol. The molecule has 1 saturated carbocycles. The third-order valence-corrected chi connectivity index (χ3v) is 4.82. The van der Waals surface area contributed by atoms with Crippen LogP contribution in [0.4, 0.5) is 5.69 Å². The molecule has 0 bridgehead atoms. The molecule has 2 aromatic rings. The van der Waals surface area contributed by atoms with Gasteiger partial charge in [0.2, 0.25) is 5.91 Å². The fourth-order valence-corrected chi connectivity index (χ4v) is 3.20. The minimum atomic E-state index is -0.449. The fraction of sp³-hybridized carbons (Fsp3) is 0.389. The number of hydrogen-bond donors (Lipinski definition) is 0. The molecule has 1 aromatic heterocycles. The quantitative estimate of drug-likeness (QED) is 0.853. The summed E-state index contributed by atoms with van der Waals surface area (Å²) in [6.45, 7) is 3.95. The van der Waals surface area contributed by atoms with Gasteiger partial charge in [-0.15, -0.1) is 0 Å². The summed E-state index contributed by atoms with van der Waals surface area (Å²) < 4.78 is 0. The van der Waals surface area contributed by atoms with Gasteiger partial charge in [0.25, 0.3) is 0 Å². The van der Waals surface area contributed by atoms with Gasteiger partial charge in [0.15, 0.2) is 0 Å². The zero-order valence-corrected chi connectivity index (χ0v) is 13.1. The minimum Gasteiger partial charge on any atom is -0.314 e. The summed E-state index contributed by atoms with van der Waals surface area (Å²) in [6, 6.07) is 6.18. The molecule has 1 aromatic carbocycles. The highest BCUT2D eigenvalue weighted by Crippen LogP contribution is 2.42. The van der Waals surface area contributed by atoms with Crippen LogP contribution in [0.5, 0.6) is 0 Å². The van der Waals surface area contributed by atoms with Gasteiger partial charge in [-0.05, 0) is 43.9 Å². The number of rotatable bonds is 2. The number of nitrogens with zero attached hydrogens (tertiary/aromatic N) is 3. The summed E-state index contributed by atoms with van der Waals surface area (Å²) in [4.78, 5) is 23.1. The molecule has 0 atom stereocenters. The summed E-state index contributed by atoms with van der Waals surface area (Å²) in [7, 11) is 1.84. The standard InChI is InChI=1S/C18H19N3O/c1-18(2)14-7-6-12(8-15(14)21(3)17(18)22)13-9-19-16(20-10-13)11-4-5-11/h6-11H,4-5H2,1-3H3. The van der Waals surface area contributed by atoms with Crippen LogP contribution in [0.25, 0.3) is 11.1 Å². The van der Waals surface area contributed by atoms with Crippen LogP contribution in [-0.2, 0) is 10.2 Å². The summed E-state index contributed by atoms with van der Waals surface area (Å²) in [5.74, 6) is 1.66. The van der Waals surface area contributed by atoms with E-state index in [0.717, 1.165) is 28.2 Å². The first-order valence-corrected chi connectivity index (χ1v) is 7.73. The molecule has 0 radical (unpaired) electrons. The Kier molecular flexibility index (Phi) is 2.68. The van der Waals surface area contributed by atoms with E-state index in [0.29, 0.717) is 5.92 Å². The van der Waals surface area contributed by atoms with Gasteiger partial charge in [-0.1, -0.05) is 12.1 Å². The number of carbonyl (C=O) groups excluding carboxylic acids is 1. The zero-order valence-electron chi connectivity index (χ0n) is 13.1. The van der Waals surface area contributed by atoms with Gasteiger partial charge in [0.05, 0.1) is 5.41 Å². The Morgan fingerprint density at radius 2 is 1.82 bits per heavy atom. The number of hydrogen-bond acceptors (Lipinski definition) is 3. The largest absolute Gasteiger partial charge is 0.314 e. The van der Waals surface area contributed by atoms with Crippen molar-refractivity contribution in [3.8, 4) is 11.1 Å². The zero-order chi connectivity index (χ0) is 15.5. The minimum absolute atomic E-state index is 0.139. The molecule has 4 heteroatoms. The maximum Gasteiger partial charge on any atom is 0.236 e. The van der Waals surface area contributed by atoms with Crippen LogP contribution in [0.3, 0.4) is 0 Å². The predicted octanol–water partition coefficient (Wildman–Crippen LogP) is 3.28. The van der Waals surface area contributed by atoms with Crippen LogP contribution in [0.2, 0.25) is 0 Å². The lowest BCUT2D eigenvalue weighted by Crippen LogP contribution is -2.33. The molecule has 0 unspecified atom stereocenters. The molecule has 0 saturated heterocycles. The van der Waals surface area contributed by atoms with Crippen molar-refractivity contribution < 1.29 is 4.79 Å². The van der Waals surface area contributed by atoms with E-state index in [1.54, 1.807) is 4.90 Å². The van der Waals surface area contributed by atoms with Gasteiger partial charge in [-0.25, -0.2) is 9.97 Å². The van der Waals surface area contributed by atoms with Gasteiger partial charge >= 0.3 is 0 Å². The summed E-state index contributed by atoms with van der Waals surface area (Å²) in [5.41, 5.74) is 3.67. The number of carbonyl (C=O) groups is 1. The Morgan fingerprint density at radius 3 is 2.45 bits per heavy atom. The van der Waals surface area contributed by atoms with Crippen LogP contribution in [-0.4, -0.2) is 22.9 Å². The van der Waals surface area contributed by atoms with Crippen molar-refractivity contribution in [2.45, 2.75) is 38.0 Å². The Labute approximate surface area is 130 Å². The van der Waals surface area contributed by atoms with Gasteiger partial charge < -0.3 is 4.90 Å². The lowest BCUT2D eigenvalue weighted by molar-refractivity contribution is -0.121. The third kappa shape index (κ3) is 1.86. The van der Waals surface area contributed by atoms with E-state index in [9.17, 15) is 4.79 Å². The second-order valence-corrected chi connectivity index (χ2v) is 6.83. The maximum absolute atomic E-state index is 12.4. The summed E-state index contributed by atoms with van der Waals surface area (Å²) in [5, 5.41) is 0. The molecule has 0 spiro atoms. The Balaban J connectivity index is 1.74. The molecule has 1 aliphatic heterocycles. The SMILES string of the molecule is CN1C(=O)C(C)(C)c2ccc(-c3cnc(C4CC4)nc3)cc21. The molecule has 22 heavy (non-hydrogen) atoms. The maximum atomic E-state index is 12.4. The van der Waals surface area contributed by atoms with Gasteiger partial charge in [0, 0.05) is 36.6 Å². The summed E-state index contributed by atoms with van der Waals surface area (Å²) >= 11 is 0. The van der Waals surface area contributed by atoms with E-state index in [-0.39, 0.29) is 5.91 Å². The van der Waals surface area contributed by atoms with E-state index in [1.165, 1.54) is 12.8 Å². The van der Waals surface area contributed by atoms with Crippen molar-refractivity contribution in [2.75, 3.05) is 11.9 Å². The van der Waals surface area contributed by atoms with Crippen LogP contribution in [0.15, 0.2) is 30.6 Å². The van der Waals surface area contributed by atoms with Crippen molar-refractivity contribution in [3.63, 3.8) is 0 Å². The average Bonchev–Trinajstić information content (AvgIpc) is 3.35. The molecule has 1 fully saturated rings. The molecule has 4 rings (SSSR count). The Bertz CT molecular complexity index is 760. The predicted molar refractivity (Wildman–Crippen MR) is 85.9 cm³/mol. The molecule has 4 nitrogen and oxygen atoms in total. The van der Waals surface area contributed by atoms with E-state index < -0.39 is 5.41 Å². The van der Waals surface area contributed by atoms with E-state index >= 15 is 0 Å². The van der Waals surface area contributed by atoms with Crippen LogP contribution >= 0.6 is 0 Å². The van der Waals surface area contributed by atoms with Crippen LogP contribution in [0, 0.1) is 0 Å². The van der Waals surface area contributed by atoms with Gasteiger partial charge in [-0.3, -0.25) is 4.79 Å². The highest BCUT2D eigenvalue weighted by atomic mass is 16.2. The number of benzene rings is 1. The van der Waals surface area contributed by atoms with E-state index in [2.05, 4.69) is 28.2 Å².